The fourth-order valence-electron chi connectivity index (χ4n) is 1.84. The summed E-state index contributed by atoms with van der Waals surface area (Å²) in [5.74, 6) is 0.479. The van der Waals surface area contributed by atoms with E-state index in [4.69, 9.17) is 12.2 Å². The standard InChI is InChI=1S/C10H10N6O2S2/c17-20(18)2-1-6(3-20)15-10(19)16-9-7-8(12-4-11-7)13-5-14-9/h1-2,4-6H,3H2,(H3,11,12,13,14,15,16,19)/t6-/m0/s1. The molecule has 0 aromatic carbocycles. The van der Waals surface area contributed by atoms with Crippen LogP contribution in [0.2, 0.25) is 0 Å². The highest BCUT2D eigenvalue weighted by Crippen LogP contribution is 2.14. The van der Waals surface area contributed by atoms with E-state index in [1.165, 1.54) is 18.1 Å². The van der Waals surface area contributed by atoms with Crippen LogP contribution < -0.4 is 10.6 Å². The molecule has 0 amide bonds. The number of thiocarbonyl (C=S) groups is 1. The monoisotopic (exact) mass is 310 g/mol. The minimum Gasteiger partial charge on any atom is -0.355 e. The average molecular weight is 310 g/mol. The van der Waals surface area contributed by atoms with Gasteiger partial charge in [-0.1, -0.05) is 0 Å². The van der Waals surface area contributed by atoms with Crippen LogP contribution in [0, 0.1) is 0 Å². The number of hydrogen-bond acceptors (Lipinski definition) is 6. The van der Waals surface area contributed by atoms with Crippen molar-refractivity contribution in [1.29, 1.82) is 0 Å². The second-order valence-electron chi connectivity index (χ2n) is 4.19. The lowest BCUT2D eigenvalue weighted by Gasteiger charge is -2.13. The van der Waals surface area contributed by atoms with E-state index in [-0.39, 0.29) is 16.9 Å². The minimum absolute atomic E-state index is 0.00192. The van der Waals surface area contributed by atoms with E-state index in [0.29, 0.717) is 17.0 Å². The zero-order valence-corrected chi connectivity index (χ0v) is 11.7. The number of nitrogens with one attached hydrogen (secondary N) is 3. The van der Waals surface area contributed by atoms with Crippen molar-refractivity contribution < 1.29 is 8.42 Å². The Kier molecular flexibility index (Phi) is 3.10. The van der Waals surface area contributed by atoms with Crippen LogP contribution in [0.3, 0.4) is 0 Å². The van der Waals surface area contributed by atoms with Crippen molar-refractivity contribution in [2.24, 2.45) is 0 Å². The summed E-state index contributed by atoms with van der Waals surface area (Å²) in [5.41, 5.74) is 1.15. The molecular formula is C10H10N6O2S2. The first-order valence-electron chi connectivity index (χ1n) is 5.66. The highest BCUT2D eigenvalue weighted by Gasteiger charge is 2.22. The third-order valence-corrected chi connectivity index (χ3v) is 4.32. The maximum absolute atomic E-state index is 11.3. The van der Waals surface area contributed by atoms with E-state index in [9.17, 15) is 8.42 Å². The molecule has 1 atom stereocenters. The molecule has 1 aliphatic rings. The Morgan fingerprint density at radius 3 is 3.00 bits per heavy atom. The first-order chi connectivity index (χ1) is 9.53. The molecular weight excluding hydrogens is 300 g/mol. The van der Waals surface area contributed by atoms with Gasteiger partial charge in [0.05, 0.1) is 18.1 Å². The number of imidazole rings is 1. The minimum atomic E-state index is -3.11. The number of rotatable bonds is 2. The fraction of sp³-hybridized carbons (Fsp3) is 0.200. The van der Waals surface area contributed by atoms with Crippen LogP contribution >= 0.6 is 12.2 Å². The zero-order chi connectivity index (χ0) is 14.2. The van der Waals surface area contributed by atoms with Crippen LogP contribution in [-0.2, 0) is 9.84 Å². The molecule has 0 saturated carbocycles. The number of aromatic nitrogens is 4. The number of aromatic amines is 1. The number of H-pyrrole nitrogens is 1. The van der Waals surface area contributed by atoms with Crippen molar-refractivity contribution in [2.45, 2.75) is 6.04 Å². The number of anilines is 1. The van der Waals surface area contributed by atoms with E-state index in [1.807, 2.05) is 0 Å². The normalized spacial score (nSPS) is 20.1. The Balaban J connectivity index is 1.71. The zero-order valence-electron chi connectivity index (χ0n) is 10.1. The lowest BCUT2D eigenvalue weighted by Crippen LogP contribution is -2.38. The van der Waals surface area contributed by atoms with E-state index < -0.39 is 9.84 Å². The number of sulfone groups is 1. The van der Waals surface area contributed by atoms with Gasteiger partial charge >= 0.3 is 0 Å². The van der Waals surface area contributed by atoms with Gasteiger partial charge in [-0.2, -0.15) is 0 Å². The average Bonchev–Trinajstić information content (AvgIpc) is 2.96. The Labute approximate surface area is 119 Å². The van der Waals surface area contributed by atoms with Crippen molar-refractivity contribution >= 4 is 44.1 Å². The fourth-order valence-corrected chi connectivity index (χ4v) is 3.32. The summed E-state index contributed by atoms with van der Waals surface area (Å²) in [7, 11) is -3.11. The molecule has 2 aromatic heterocycles. The highest BCUT2D eigenvalue weighted by molar-refractivity contribution is 7.94. The number of fused-ring (bicyclic) bond motifs is 1. The summed E-state index contributed by atoms with van der Waals surface area (Å²) >= 11 is 5.14. The van der Waals surface area contributed by atoms with E-state index in [1.54, 1.807) is 6.08 Å². The van der Waals surface area contributed by atoms with Gasteiger partial charge < -0.3 is 15.6 Å². The molecule has 0 unspecified atom stereocenters. The van der Waals surface area contributed by atoms with Crippen molar-refractivity contribution in [3.05, 3.63) is 24.1 Å². The summed E-state index contributed by atoms with van der Waals surface area (Å²) in [5, 5.41) is 7.26. The molecule has 0 fully saturated rings. The molecule has 0 aliphatic carbocycles. The quantitative estimate of drug-likeness (QED) is 0.662. The third kappa shape index (κ3) is 2.60. The van der Waals surface area contributed by atoms with E-state index in [2.05, 4.69) is 30.6 Å². The Morgan fingerprint density at radius 2 is 2.25 bits per heavy atom. The SMILES string of the molecule is O=S1(=O)C=C[C@H](NC(=S)Nc2ncnc3nc[nH]c23)C1. The van der Waals surface area contributed by atoms with Crippen LogP contribution in [0.5, 0.6) is 0 Å². The molecule has 1 aliphatic heterocycles. The summed E-state index contributed by atoms with van der Waals surface area (Å²) in [4.78, 5) is 15.0. The molecule has 0 spiro atoms. The first-order valence-corrected chi connectivity index (χ1v) is 7.78. The molecule has 3 rings (SSSR count). The first kappa shape index (κ1) is 12.9. The van der Waals surface area contributed by atoms with Crippen molar-refractivity contribution in [2.75, 3.05) is 11.1 Å². The molecule has 0 bridgehead atoms. The Bertz CT molecular complexity index is 797. The molecule has 10 heteroatoms. The predicted octanol–water partition coefficient (Wildman–Crippen LogP) is -0.0500. The molecule has 0 radical (unpaired) electrons. The number of hydrogen-bond donors (Lipinski definition) is 3. The van der Waals surface area contributed by atoms with Crippen molar-refractivity contribution in [3.8, 4) is 0 Å². The van der Waals surface area contributed by atoms with E-state index in [0.717, 1.165) is 0 Å². The smallest absolute Gasteiger partial charge is 0.182 e. The maximum Gasteiger partial charge on any atom is 0.182 e. The van der Waals surface area contributed by atoms with Crippen LogP contribution in [0.1, 0.15) is 0 Å². The lowest BCUT2D eigenvalue weighted by atomic mass is 10.3. The maximum atomic E-state index is 11.3. The van der Waals surface area contributed by atoms with Gasteiger partial charge in [-0.25, -0.2) is 23.4 Å². The topological polar surface area (TPSA) is 113 Å². The van der Waals surface area contributed by atoms with Gasteiger partial charge in [0.15, 0.2) is 26.4 Å². The second kappa shape index (κ2) is 4.80. The van der Waals surface area contributed by atoms with Gasteiger partial charge in [0.2, 0.25) is 0 Å². The Hall–Kier alpha value is -2.07. The Morgan fingerprint density at radius 1 is 1.40 bits per heavy atom. The van der Waals surface area contributed by atoms with Crippen LogP contribution in [-0.4, -0.2) is 45.3 Å². The summed E-state index contributed by atoms with van der Waals surface area (Å²) < 4.78 is 22.6. The van der Waals surface area contributed by atoms with Gasteiger partial charge in [-0.3, -0.25) is 0 Å². The molecule has 8 nitrogen and oxygen atoms in total. The van der Waals surface area contributed by atoms with Gasteiger partial charge in [-0.05, 0) is 18.3 Å². The van der Waals surface area contributed by atoms with Crippen LogP contribution in [0.25, 0.3) is 11.2 Å². The molecule has 20 heavy (non-hydrogen) atoms. The number of nitrogens with zero attached hydrogens (tertiary/aromatic N) is 3. The van der Waals surface area contributed by atoms with Crippen LogP contribution in [0.4, 0.5) is 5.82 Å². The van der Waals surface area contributed by atoms with Gasteiger partial charge in [0.1, 0.15) is 11.8 Å². The van der Waals surface area contributed by atoms with Gasteiger partial charge in [0.25, 0.3) is 0 Å². The highest BCUT2D eigenvalue weighted by atomic mass is 32.2. The largest absolute Gasteiger partial charge is 0.355 e. The van der Waals surface area contributed by atoms with Crippen molar-refractivity contribution in [3.63, 3.8) is 0 Å². The van der Waals surface area contributed by atoms with Gasteiger partial charge in [-0.15, -0.1) is 0 Å². The third-order valence-electron chi connectivity index (χ3n) is 2.70. The molecule has 3 heterocycles. The molecule has 2 aromatic rings. The van der Waals surface area contributed by atoms with Crippen molar-refractivity contribution in [1.82, 2.24) is 25.3 Å². The summed E-state index contributed by atoms with van der Waals surface area (Å²) in [6.45, 7) is 0. The second-order valence-corrected chi connectivity index (χ2v) is 6.53. The predicted molar refractivity (Wildman–Crippen MR) is 77.8 cm³/mol. The van der Waals surface area contributed by atoms with Crippen LogP contribution in [0.15, 0.2) is 24.1 Å². The van der Waals surface area contributed by atoms with Gasteiger partial charge in [0, 0.05) is 5.41 Å². The molecule has 3 N–H and O–H groups in total. The molecule has 104 valence electrons. The lowest BCUT2D eigenvalue weighted by molar-refractivity contribution is 0.603. The summed E-state index contributed by atoms with van der Waals surface area (Å²) in [6, 6.07) is -0.334. The van der Waals surface area contributed by atoms with E-state index >= 15 is 0 Å². The summed E-state index contributed by atoms with van der Waals surface area (Å²) in [6.07, 6.45) is 4.44. The molecule has 0 saturated heterocycles.